The van der Waals surface area contributed by atoms with E-state index in [2.05, 4.69) is 15.0 Å². The SMILES string of the molecule is ClCc1cn(-c2ncccn2)cn1. The number of alkyl halides is 1. The maximum Gasteiger partial charge on any atom is 0.234 e. The Bertz CT molecular complexity index is 384. The van der Waals surface area contributed by atoms with Gasteiger partial charge < -0.3 is 0 Å². The van der Waals surface area contributed by atoms with E-state index < -0.39 is 0 Å². The van der Waals surface area contributed by atoms with Gasteiger partial charge in [0.25, 0.3) is 0 Å². The topological polar surface area (TPSA) is 43.6 Å². The summed E-state index contributed by atoms with van der Waals surface area (Å²) < 4.78 is 1.73. The minimum absolute atomic E-state index is 0.403. The van der Waals surface area contributed by atoms with E-state index in [-0.39, 0.29) is 0 Å². The molecule has 0 saturated heterocycles. The van der Waals surface area contributed by atoms with E-state index in [0.29, 0.717) is 11.8 Å². The molecule has 5 heteroatoms. The second-order valence-corrected chi connectivity index (χ2v) is 2.72. The summed E-state index contributed by atoms with van der Waals surface area (Å²) in [6, 6.07) is 1.77. The molecule has 2 rings (SSSR count). The summed E-state index contributed by atoms with van der Waals surface area (Å²) in [7, 11) is 0. The minimum atomic E-state index is 0.403. The van der Waals surface area contributed by atoms with Crippen LogP contribution in [0.5, 0.6) is 0 Å². The first kappa shape index (κ1) is 8.19. The predicted octanol–water partition coefficient (Wildman–Crippen LogP) is 1.40. The zero-order valence-corrected chi connectivity index (χ0v) is 7.52. The van der Waals surface area contributed by atoms with Crippen LogP contribution in [0.1, 0.15) is 5.69 Å². The van der Waals surface area contributed by atoms with E-state index >= 15 is 0 Å². The molecule has 0 atom stereocenters. The molecule has 0 radical (unpaired) electrons. The molecule has 66 valence electrons. The molecule has 0 N–H and O–H groups in total. The van der Waals surface area contributed by atoms with Crippen LogP contribution < -0.4 is 0 Å². The Kier molecular flexibility index (Phi) is 2.23. The molecule has 2 heterocycles. The molecular formula is C8H7ClN4. The molecule has 2 aromatic rings. The largest absolute Gasteiger partial charge is 0.274 e. The van der Waals surface area contributed by atoms with Gasteiger partial charge in [0.1, 0.15) is 6.33 Å². The van der Waals surface area contributed by atoms with Crippen LogP contribution in [0.4, 0.5) is 0 Å². The van der Waals surface area contributed by atoms with Gasteiger partial charge in [-0.25, -0.2) is 15.0 Å². The van der Waals surface area contributed by atoms with Crippen molar-refractivity contribution < 1.29 is 0 Å². The molecule has 0 fully saturated rings. The number of imidazole rings is 1. The van der Waals surface area contributed by atoms with Crippen molar-refractivity contribution in [1.82, 2.24) is 19.5 Å². The van der Waals surface area contributed by atoms with Crippen molar-refractivity contribution in [3.05, 3.63) is 36.7 Å². The molecule has 13 heavy (non-hydrogen) atoms. The average Bonchev–Trinajstić information content (AvgIpc) is 2.67. The lowest BCUT2D eigenvalue weighted by molar-refractivity contribution is 0.925. The Hall–Kier alpha value is -1.42. The zero-order valence-electron chi connectivity index (χ0n) is 6.76. The highest BCUT2D eigenvalue weighted by Crippen LogP contribution is 2.03. The van der Waals surface area contributed by atoms with E-state index in [4.69, 9.17) is 11.6 Å². The highest BCUT2D eigenvalue weighted by atomic mass is 35.5. The van der Waals surface area contributed by atoms with Crippen LogP contribution >= 0.6 is 11.6 Å². The van der Waals surface area contributed by atoms with E-state index in [1.54, 1.807) is 29.4 Å². The van der Waals surface area contributed by atoms with Gasteiger partial charge in [-0.05, 0) is 6.07 Å². The lowest BCUT2D eigenvalue weighted by Crippen LogP contribution is -1.96. The second kappa shape index (κ2) is 3.53. The minimum Gasteiger partial charge on any atom is -0.274 e. The first-order chi connectivity index (χ1) is 6.40. The standard InChI is InChI=1S/C8H7ClN4/c9-4-7-5-13(6-12-7)8-10-2-1-3-11-8/h1-3,5-6H,4H2. The first-order valence-electron chi connectivity index (χ1n) is 3.76. The summed E-state index contributed by atoms with van der Waals surface area (Å²) in [5, 5.41) is 0. The highest BCUT2D eigenvalue weighted by Gasteiger charge is 2.00. The van der Waals surface area contributed by atoms with Gasteiger partial charge in [0.15, 0.2) is 0 Å². The second-order valence-electron chi connectivity index (χ2n) is 2.45. The molecule has 4 nitrogen and oxygen atoms in total. The van der Waals surface area contributed by atoms with Gasteiger partial charge in [0.2, 0.25) is 5.95 Å². The summed E-state index contributed by atoms with van der Waals surface area (Å²) in [6.45, 7) is 0. The Morgan fingerprint density at radius 1 is 1.23 bits per heavy atom. The molecule has 0 aliphatic carbocycles. The molecule has 0 unspecified atom stereocenters. The molecule has 2 aromatic heterocycles. The van der Waals surface area contributed by atoms with Crippen LogP contribution in [0.25, 0.3) is 5.95 Å². The fourth-order valence-electron chi connectivity index (χ4n) is 0.967. The van der Waals surface area contributed by atoms with Gasteiger partial charge >= 0.3 is 0 Å². The van der Waals surface area contributed by atoms with Crippen molar-refractivity contribution in [1.29, 1.82) is 0 Å². The molecule has 0 saturated carbocycles. The summed E-state index contributed by atoms with van der Waals surface area (Å²) in [5.41, 5.74) is 0.814. The van der Waals surface area contributed by atoms with Gasteiger partial charge in [0, 0.05) is 18.6 Å². The van der Waals surface area contributed by atoms with Gasteiger partial charge in [0.05, 0.1) is 11.6 Å². The van der Waals surface area contributed by atoms with Crippen LogP contribution in [0.2, 0.25) is 0 Å². The third-order valence-corrected chi connectivity index (χ3v) is 1.83. The predicted molar refractivity (Wildman–Crippen MR) is 48.7 cm³/mol. The lowest BCUT2D eigenvalue weighted by Gasteiger charge is -1.96. The molecule has 0 aliphatic heterocycles. The van der Waals surface area contributed by atoms with Gasteiger partial charge in [-0.1, -0.05) is 0 Å². The van der Waals surface area contributed by atoms with Crippen LogP contribution in [0.3, 0.4) is 0 Å². The van der Waals surface area contributed by atoms with Crippen molar-refractivity contribution in [3.63, 3.8) is 0 Å². The van der Waals surface area contributed by atoms with Crippen LogP contribution in [0, 0.1) is 0 Å². The quantitative estimate of drug-likeness (QED) is 0.679. The molecule has 0 aliphatic rings. The van der Waals surface area contributed by atoms with E-state index in [9.17, 15) is 0 Å². The van der Waals surface area contributed by atoms with Crippen molar-refractivity contribution in [2.24, 2.45) is 0 Å². The monoisotopic (exact) mass is 194 g/mol. The van der Waals surface area contributed by atoms with E-state index in [1.807, 2.05) is 6.20 Å². The van der Waals surface area contributed by atoms with Crippen LogP contribution in [0.15, 0.2) is 31.0 Å². The number of hydrogen-bond acceptors (Lipinski definition) is 3. The van der Waals surface area contributed by atoms with Crippen LogP contribution in [-0.2, 0) is 5.88 Å². The van der Waals surface area contributed by atoms with Gasteiger partial charge in [-0.2, -0.15) is 0 Å². The summed E-state index contributed by atoms with van der Waals surface area (Å²) >= 11 is 5.61. The maximum atomic E-state index is 5.61. The molecular weight excluding hydrogens is 188 g/mol. The molecule has 0 amide bonds. The van der Waals surface area contributed by atoms with Gasteiger partial charge in [-0.15, -0.1) is 11.6 Å². The van der Waals surface area contributed by atoms with Crippen molar-refractivity contribution >= 4 is 11.6 Å². The number of aromatic nitrogens is 4. The van der Waals surface area contributed by atoms with Crippen molar-refractivity contribution in [3.8, 4) is 5.95 Å². The van der Waals surface area contributed by atoms with E-state index in [1.165, 1.54) is 0 Å². The Labute approximate surface area is 80.2 Å². The summed E-state index contributed by atoms with van der Waals surface area (Å²) in [5.74, 6) is 1.01. The van der Waals surface area contributed by atoms with E-state index in [0.717, 1.165) is 5.69 Å². The summed E-state index contributed by atoms with van der Waals surface area (Å²) in [6.07, 6.45) is 6.82. The zero-order chi connectivity index (χ0) is 9.10. The number of rotatable bonds is 2. The lowest BCUT2D eigenvalue weighted by atomic mass is 10.5. The number of halogens is 1. The first-order valence-corrected chi connectivity index (χ1v) is 4.30. The smallest absolute Gasteiger partial charge is 0.234 e. The third-order valence-electron chi connectivity index (χ3n) is 1.56. The van der Waals surface area contributed by atoms with Gasteiger partial charge in [-0.3, -0.25) is 4.57 Å². The maximum absolute atomic E-state index is 5.61. The summed E-state index contributed by atoms with van der Waals surface area (Å²) in [4.78, 5) is 12.2. The van der Waals surface area contributed by atoms with Crippen molar-refractivity contribution in [2.75, 3.05) is 0 Å². The molecule has 0 bridgehead atoms. The Morgan fingerprint density at radius 2 is 2.00 bits per heavy atom. The molecule has 0 spiro atoms. The number of nitrogens with zero attached hydrogens (tertiary/aromatic N) is 4. The number of hydrogen-bond donors (Lipinski definition) is 0. The van der Waals surface area contributed by atoms with Crippen LogP contribution in [-0.4, -0.2) is 19.5 Å². The van der Waals surface area contributed by atoms with Crippen molar-refractivity contribution in [2.45, 2.75) is 5.88 Å². The molecule has 0 aromatic carbocycles. The fourth-order valence-corrected chi connectivity index (χ4v) is 1.10. The average molecular weight is 195 g/mol. The fraction of sp³-hybridized carbons (Fsp3) is 0.125. The Morgan fingerprint density at radius 3 is 2.62 bits per heavy atom. The normalized spacial score (nSPS) is 10.2. The highest BCUT2D eigenvalue weighted by molar-refractivity contribution is 6.16. The third kappa shape index (κ3) is 1.67. The Balaban J connectivity index is 2.36.